The van der Waals surface area contributed by atoms with Gasteiger partial charge in [0.2, 0.25) is 11.8 Å². The maximum atomic E-state index is 12.8. The van der Waals surface area contributed by atoms with E-state index in [1.54, 1.807) is 42.6 Å². The van der Waals surface area contributed by atoms with Crippen molar-refractivity contribution < 1.29 is 14.4 Å². The first-order chi connectivity index (χ1) is 13.9. The summed E-state index contributed by atoms with van der Waals surface area (Å²) in [6, 6.07) is 13.0. The van der Waals surface area contributed by atoms with Crippen LogP contribution in [0, 0.1) is 0 Å². The number of carbonyl (C=O) groups excluding carboxylic acids is 3. The maximum Gasteiger partial charge on any atom is 0.249 e. The first-order valence-corrected chi connectivity index (χ1v) is 9.35. The van der Waals surface area contributed by atoms with Crippen LogP contribution >= 0.6 is 11.6 Å². The normalized spacial score (nSPS) is 15.4. The molecule has 1 aliphatic heterocycles. The average Bonchev–Trinajstić information content (AvgIpc) is 3.12. The van der Waals surface area contributed by atoms with Crippen molar-refractivity contribution in [2.45, 2.75) is 19.4 Å². The fraction of sp³-hybridized carbons (Fsp3) is 0.143. The number of nitrogens with one attached hydrogen (secondary N) is 2. The van der Waals surface area contributed by atoms with Gasteiger partial charge in [0, 0.05) is 21.8 Å². The van der Waals surface area contributed by atoms with Gasteiger partial charge in [0.1, 0.15) is 11.9 Å². The van der Waals surface area contributed by atoms with Gasteiger partial charge in [-0.1, -0.05) is 23.7 Å². The Kier molecular flexibility index (Phi) is 4.90. The van der Waals surface area contributed by atoms with Crippen LogP contribution in [0.15, 0.2) is 54.7 Å². The molecular formula is C21H17ClN4O3. The molecule has 29 heavy (non-hydrogen) atoms. The van der Waals surface area contributed by atoms with Crippen LogP contribution in [0.4, 0.5) is 11.5 Å². The standard InChI is InChI=1S/C21H17ClN4O3/c1-12(27)13-4-8-16(9-5-13)24-21(29)18-10-19(28)25-20-17(11-23-26(18)20)14-2-6-15(22)7-3-14/h2-9,11,18H,10H2,1H3,(H,24,29)(H,25,28)/t18-/m0/s1. The quantitative estimate of drug-likeness (QED) is 0.639. The zero-order valence-corrected chi connectivity index (χ0v) is 16.2. The van der Waals surface area contributed by atoms with Gasteiger partial charge >= 0.3 is 0 Å². The summed E-state index contributed by atoms with van der Waals surface area (Å²) in [6.07, 6.45) is 1.60. The number of hydrogen-bond acceptors (Lipinski definition) is 4. The van der Waals surface area contributed by atoms with E-state index < -0.39 is 6.04 Å². The van der Waals surface area contributed by atoms with Gasteiger partial charge in [0.25, 0.3) is 0 Å². The minimum atomic E-state index is -0.785. The fourth-order valence-corrected chi connectivity index (χ4v) is 3.35. The Balaban J connectivity index is 1.61. The third-order valence-electron chi connectivity index (χ3n) is 4.74. The van der Waals surface area contributed by atoms with Gasteiger partial charge in [-0.15, -0.1) is 0 Å². The van der Waals surface area contributed by atoms with E-state index in [4.69, 9.17) is 11.6 Å². The molecule has 0 spiro atoms. The van der Waals surface area contributed by atoms with Crippen LogP contribution in [0.1, 0.15) is 29.7 Å². The average molecular weight is 409 g/mol. The Morgan fingerprint density at radius 3 is 2.48 bits per heavy atom. The largest absolute Gasteiger partial charge is 0.324 e. The lowest BCUT2D eigenvalue weighted by Gasteiger charge is -2.24. The lowest BCUT2D eigenvalue weighted by molar-refractivity contribution is -0.125. The van der Waals surface area contributed by atoms with Gasteiger partial charge in [-0.05, 0) is 48.9 Å². The first kappa shape index (κ1) is 18.9. The number of hydrogen-bond donors (Lipinski definition) is 2. The van der Waals surface area contributed by atoms with Crippen LogP contribution in [0.5, 0.6) is 0 Å². The molecule has 4 rings (SSSR count). The number of anilines is 2. The lowest BCUT2D eigenvalue weighted by atomic mass is 10.1. The van der Waals surface area contributed by atoms with E-state index in [0.29, 0.717) is 27.7 Å². The lowest BCUT2D eigenvalue weighted by Crippen LogP contribution is -2.35. The molecule has 1 aromatic heterocycles. The fourth-order valence-electron chi connectivity index (χ4n) is 3.23. The minimum Gasteiger partial charge on any atom is -0.324 e. The predicted molar refractivity (Wildman–Crippen MR) is 110 cm³/mol. The second-order valence-corrected chi connectivity index (χ2v) is 7.19. The molecule has 0 aliphatic carbocycles. The van der Waals surface area contributed by atoms with Crippen molar-refractivity contribution in [2.24, 2.45) is 0 Å². The van der Waals surface area contributed by atoms with Gasteiger partial charge in [-0.25, -0.2) is 4.68 Å². The number of carbonyl (C=O) groups is 3. The Morgan fingerprint density at radius 1 is 1.14 bits per heavy atom. The summed E-state index contributed by atoms with van der Waals surface area (Å²) in [7, 11) is 0. The smallest absolute Gasteiger partial charge is 0.249 e. The van der Waals surface area contributed by atoms with Crippen molar-refractivity contribution >= 4 is 40.7 Å². The first-order valence-electron chi connectivity index (χ1n) is 8.97. The summed E-state index contributed by atoms with van der Waals surface area (Å²) < 4.78 is 1.52. The van der Waals surface area contributed by atoms with Crippen molar-refractivity contribution in [1.29, 1.82) is 0 Å². The summed E-state index contributed by atoms with van der Waals surface area (Å²) in [5.74, 6) is -0.207. The van der Waals surface area contributed by atoms with Crippen LogP contribution in [0.2, 0.25) is 5.02 Å². The van der Waals surface area contributed by atoms with E-state index in [1.807, 2.05) is 12.1 Å². The van der Waals surface area contributed by atoms with Gasteiger partial charge in [-0.3, -0.25) is 14.4 Å². The van der Waals surface area contributed by atoms with Gasteiger partial charge in [0.15, 0.2) is 5.78 Å². The van der Waals surface area contributed by atoms with Crippen molar-refractivity contribution in [1.82, 2.24) is 9.78 Å². The van der Waals surface area contributed by atoms with Crippen LogP contribution in [-0.4, -0.2) is 27.4 Å². The summed E-state index contributed by atoms with van der Waals surface area (Å²) >= 11 is 5.95. The zero-order valence-electron chi connectivity index (χ0n) is 15.5. The highest BCUT2D eigenvalue weighted by Gasteiger charge is 2.33. The zero-order chi connectivity index (χ0) is 20.5. The molecule has 0 fully saturated rings. The van der Waals surface area contributed by atoms with Crippen LogP contribution in [-0.2, 0) is 9.59 Å². The van der Waals surface area contributed by atoms with Crippen molar-refractivity contribution in [2.75, 3.05) is 10.6 Å². The van der Waals surface area contributed by atoms with Crippen molar-refractivity contribution in [3.63, 3.8) is 0 Å². The van der Waals surface area contributed by atoms with Crippen LogP contribution in [0.25, 0.3) is 11.1 Å². The van der Waals surface area contributed by atoms with E-state index in [1.165, 1.54) is 11.6 Å². The van der Waals surface area contributed by atoms with Crippen molar-refractivity contribution in [3.8, 4) is 11.1 Å². The molecule has 7 nitrogen and oxygen atoms in total. The molecule has 0 unspecified atom stereocenters. The third-order valence-corrected chi connectivity index (χ3v) is 5.00. The number of rotatable bonds is 4. The molecule has 2 heterocycles. The highest BCUT2D eigenvalue weighted by Crippen LogP contribution is 2.34. The second-order valence-electron chi connectivity index (χ2n) is 6.75. The maximum absolute atomic E-state index is 12.8. The Morgan fingerprint density at radius 2 is 1.83 bits per heavy atom. The van der Waals surface area contributed by atoms with E-state index >= 15 is 0 Å². The third kappa shape index (κ3) is 3.77. The predicted octanol–water partition coefficient (Wildman–Crippen LogP) is 3.93. The Bertz CT molecular complexity index is 1100. The van der Waals surface area contributed by atoms with Gasteiger partial charge < -0.3 is 10.6 Å². The molecule has 0 saturated carbocycles. The molecule has 8 heteroatoms. The van der Waals surface area contributed by atoms with E-state index in [-0.39, 0.29) is 24.0 Å². The molecule has 1 atom stereocenters. The number of ketones is 1. The SMILES string of the molecule is CC(=O)c1ccc(NC(=O)[C@@H]2CC(=O)Nc3c(-c4ccc(Cl)cc4)cnn32)cc1. The van der Waals surface area contributed by atoms with Gasteiger partial charge in [0.05, 0.1) is 12.6 Å². The number of amides is 2. The number of fused-ring (bicyclic) bond motifs is 1. The summed E-state index contributed by atoms with van der Waals surface area (Å²) in [6.45, 7) is 1.48. The van der Waals surface area contributed by atoms with Crippen LogP contribution in [0.3, 0.4) is 0 Å². The Hall–Kier alpha value is -3.45. The summed E-state index contributed by atoms with van der Waals surface area (Å²) in [5.41, 5.74) is 2.63. The molecule has 2 aromatic carbocycles. The molecule has 0 bridgehead atoms. The number of Topliss-reactive ketones (excluding diaryl/α,β-unsaturated/α-hetero) is 1. The number of halogens is 1. The highest BCUT2D eigenvalue weighted by molar-refractivity contribution is 6.30. The van der Waals surface area contributed by atoms with E-state index in [0.717, 1.165) is 5.56 Å². The molecule has 1 aliphatic rings. The molecule has 2 N–H and O–H groups in total. The van der Waals surface area contributed by atoms with Crippen LogP contribution < -0.4 is 10.6 Å². The molecule has 0 radical (unpaired) electrons. The number of benzene rings is 2. The van der Waals surface area contributed by atoms with Gasteiger partial charge in [-0.2, -0.15) is 5.10 Å². The van der Waals surface area contributed by atoms with E-state index in [9.17, 15) is 14.4 Å². The highest BCUT2D eigenvalue weighted by atomic mass is 35.5. The second kappa shape index (κ2) is 7.52. The summed E-state index contributed by atoms with van der Waals surface area (Å²) in [5, 5.41) is 10.5. The number of aromatic nitrogens is 2. The number of nitrogens with zero attached hydrogens (tertiary/aromatic N) is 2. The molecule has 0 saturated heterocycles. The van der Waals surface area contributed by atoms with E-state index in [2.05, 4.69) is 15.7 Å². The van der Waals surface area contributed by atoms with Crippen molar-refractivity contribution in [3.05, 3.63) is 65.3 Å². The topological polar surface area (TPSA) is 93.1 Å². The summed E-state index contributed by atoms with van der Waals surface area (Å²) in [4.78, 5) is 36.5. The Labute approximate surface area is 171 Å². The molecule has 2 amide bonds. The molecular weight excluding hydrogens is 392 g/mol. The minimum absolute atomic E-state index is 0.0217. The molecule has 3 aromatic rings. The molecule has 146 valence electrons. The monoisotopic (exact) mass is 408 g/mol.